The van der Waals surface area contributed by atoms with Crippen LogP contribution in [0.4, 0.5) is 0 Å². The second-order valence-corrected chi connectivity index (χ2v) is 3.63. The predicted octanol–water partition coefficient (Wildman–Crippen LogP) is 1.08. The van der Waals surface area contributed by atoms with Gasteiger partial charge in [-0.2, -0.15) is 0 Å². The molecule has 0 aromatic carbocycles. The van der Waals surface area contributed by atoms with Crippen molar-refractivity contribution in [3.05, 3.63) is 0 Å². The molecule has 0 aromatic heterocycles. The smallest absolute Gasteiger partial charge is 0.0601 e. The zero-order valence-corrected chi connectivity index (χ0v) is 8.55. The number of terminal acetylenes is 1. The molecule has 1 rings (SSSR count). The quantitative estimate of drug-likeness (QED) is 0.651. The Kier molecular flexibility index (Phi) is 4.88. The van der Waals surface area contributed by atoms with Crippen molar-refractivity contribution in [1.82, 2.24) is 10.2 Å². The Labute approximate surface area is 81.7 Å². The van der Waals surface area contributed by atoms with Crippen molar-refractivity contribution in [2.75, 3.05) is 26.2 Å². The third kappa shape index (κ3) is 3.38. The van der Waals surface area contributed by atoms with E-state index in [4.69, 9.17) is 6.42 Å². The van der Waals surface area contributed by atoms with Crippen molar-refractivity contribution in [3.63, 3.8) is 0 Å². The van der Waals surface area contributed by atoms with E-state index in [0.717, 1.165) is 19.6 Å². The Bertz CT molecular complexity index is 171. The first-order valence-corrected chi connectivity index (χ1v) is 5.26. The van der Waals surface area contributed by atoms with Crippen LogP contribution >= 0.6 is 0 Å². The molecule has 1 aliphatic rings. The lowest BCUT2D eigenvalue weighted by atomic mass is 10.0. The molecule has 1 atom stereocenters. The molecular weight excluding hydrogens is 160 g/mol. The number of hydrogen-bond acceptors (Lipinski definition) is 2. The minimum absolute atomic E-state index is 0.671. The third-order valence-electron chi connectivity index (χ3n) is 2.67. The lowest BCUT2D eigenvalue weighted by Crippen LogP contribution is -2.45. The van der Waals surface area contributed by atoms with Gasteiger partial charge in [0, 0.05) is 12.6 Å². The lowest BCUT2D eigenvalue weighted by Gasteiger charge is -2.34. The molecule has 0 amide bonds. The Balaban J connectivity index is 2.33. The predicted molar refractivity (Wildman–Crippen MR) is 56.6 cm³/mol. The average Bonchev–Trinajstić information content (AvgIpc) is 2.17. The van der Waals surface area contributed by atoms with Crippen molar-refractivity contribution in [3.8, 4) is 12.3 Å². The van der Waals surface area contributed by atoms with Gasteiger partial charge in [-0.1, -0.05) is 19.3 Å². The minimum atomic E-state index is 0.671. The zero-order valence-electron chi connectivity index (χ0n) is 8.55. The first kappa shape index (κ1) is 10.6. The Morgan fingerprint density at radius 1 is 1.54 bits per heavy atom. The second kappa shape index (κ2) is 6.01. The van der Waals surface area contributed by atoms with E-state index in [-0.39, 0.29) is 0 Å². The summed E-state index contributed by atoms with van der Waals surface area (Å²) in [6.07, 6.45) is 9.31. The van der Waals surface area contributed by atoms with Gasteiger partial charge in [0.1, 0.15) is 0 Å². The van der Waals surface area contributed by atoms with Crippen molar-refractivity contribution < 1.29 is 0 Å². The maximum Gasteiger partial charge on any atom is 0.0601 e. The van der Waals surface area contributed by atoms with Gasteiger partial charge in [-0.15, -0.1) is 6.42 Å². The van der Waals surface area contributed by atoms with Gasteiger partial charge in [0.15, 0.2) is 0 Å². The number of likely N-dealkylation sites (tertiary alicyclic amines) is 1. The van der Waals surface area contributed by atoms with Crippen LogP contribution in [-0.4, -0.2) is 37.1 Å². The van der Waals surface area contributed by atoms with E-state index >= 15 is 0 Å². The molecule has 2 heteroatoms. The van der Waals surface area contributed by atoms with Crippen LogP contribution in [0.5, 0.6) is 0 Å². The molecule has 0 spiro atoms. The average molecular weight is 180 g/mol. The summed E-state index contributed by atoms with van der Waals surface area (Å²) in [4.78, 5) is 2.42. The van der Waals surface area contributed by atoms with Crippen molar-refractivity contribution in [1.29, 1.82) is 0 Å². The first-order chi connectivity index (χ1) is 6.38. The molecule has 1 N–H and O–H groups in total. The summed E-state index contributed by atoms with van der Waals surface area (Å²) in [7, 11) is 0. The minimum Gasteiger partial charge on any atom is -0.315 e. The van der Waals surface area contributed by atoms with Crippen LogP contribution in [0.15, 0.2) is 0 Å². The van der Waals surface area contributed by atoms with E-state index in [1.807, 2.05) is 0 Å². The highest BCUT2D eigenvalue weighted by atomic mass is 15.2. The summed E-state index contributed by atoms with van der Waals surface area (Å²) < 4.78 is 0. The van der Waals surface area contributed by atoms with E-state index in [0.29, 0.717) is 6.04 Å². The molecular formula is C11H20N2. The van der Waals surface area contributed by atoms with E-state index in [1.165, 1.54) is 25.8 Å². The molecule has 0 aromatic rings. The SMILES string of the molecule is C#CCN1CCCCC1CNCC. The Hall–Kier alpha value is -0.520. The van der Waals surface area contributed by atoms with E-state index < -0.39 is 0 Å². The summed E-state index contributed by atoms with van der Waals surface area (Å²) in [5.74, 6) is 2.74. The normalized spacial score (nSPS) is 24.2. The van der Waals surface area contributed by atoms with Gasteiger partial charge in [-0.05, 0) is 25.9 Å². The molecule has 13 heavy (non-hydrogen) atoms. The number of nitrogens with zero attached hydrogens (tertiary/aromatic N) is 1. The van der Waals surface area contributed by atoms with Gasteiger partial charge in [-0.3, -0.25) is 4.90 Å². The Morgan fingerprint density at radius 2 is 2.38 bits per heavy atom. The van der Waals surface area contributed by atoms with Crippen molar-refractivity contribution >= 4 is 0 Å². The van der Waals surface area contributed by atoms with Crippen LogP contribution in [0, 0.1) is 12.3 Å². The molecule has 0 aliphatic carbocycles. The fraction of sp³-hybridized carbons (Fsp3) is 0.818. The van der Waals surface area contributed by atoms with Gasteiger partial charge >= 0.3 is 0 Å². The van der Waals surface area contributed by atoms with Crippen molar-refractivity contribution in [2.45, 2.75) is 32.2 Å². The number of nitrogens with one attached hydrogen (secondary N) is 1. The first-order valence-electron chi connectivity index (χ1n) is 5.26. The van der Waals surface area contributed by atoms with Gasteiger partial charge in [-0.25, -0.2) is 0 Å². The number of rotatable bonds is 4. The van der Waals surface area contributed by atoms with Crippen LogP contribution in [0.3, 0.4) is 0 Å². The molecule has 1 heterocycles. The van der Waals surface area contributed by atoms with Gasteiger partial charge in [0.2, 0.25) is 0 Å². The van der Waals surface area contributed by atoms with Crippen LogP contribution in [0.25, 0.3) is 0 Å². The fourth-order valence-corrected chi connectivity index (χ4v) is 1.93. The second-order valence-electron chi connectivity index (χ2n) is 3.63. The molecule has 0 radical (unpaired) electrons. The maximum absolute atomic E-state index is 5.34. The molecule has 1 saturated heterocycles. The molecule has 2 nitrogen and oxygen atoms in total. The number of piperidine rings is 1. The molecule has 1 aliphatic heterocycles. The highest BCUT2D eigenvalue weighted by molar-refractivity contribution is 4.92. The molecule has 1 fully saturated rings. The molecule has 0 saturated carbocycles. The summed E-state index contributed by atoms with van der Waals surface area (Å²) in [5, 5.41) is 3.40. The monoisotopic (exact) mass is 180 g/mol. The highest BCUT2D eigenvalue weighted by Gasteiger charge is 2.20. The van der Waals surface area contributed by atoms with Crippen LogP contribution in [0.1, 0.15) is 26.2 Å². The zero-order chi connectivity index (χ0) is 9.52. The van der Waals surface area contributed by atoms with Gasteiger partial charge < -0.3 is 5.32 Å². The molecule has 1 unspecified atom stereocenters. The number of hydrogen-bond donors (Lipinski definition) is 1. The van der Waals surface area contributed by atoms with Crippen molar-refractivity contribution in [2.24, 2.45) is 0 Å². The van der Waals surface area contributed by atoms with E-state index in [2.05, 4.69) is 23.1 Å². The number of likely N-dealkylation sites (N-methyl/N-ethyl adjacent to an activating group) is 1. The van der Waals surface area contributed by atoms with E-state index in [9.17, 15) is 0 Å². The van der Waals surface area contributed by atoms with Crippen LogP contribution in [0.2, 0.25) is 0 Å². The maximum atomic E-state index is 5.34. The Morgan fingerprint density at radius 3 is 3.08 bits per heavy atom. The molecule has 74 valence electrons. The summed E-state index contributed by atoms with van der Waals surface area (Å²) in [6, 6.07) is 0.671. The highest BCUT2D eigenvalue weighted by Crippen LogP contribution is 2.15. The van der Waals surface area contributed by atoms with Gasteiger partial charge in [0.05, 0.1) is 6.54 Å². The summed E-state index contributed by atoms with van der Waals surface area (Å²) in [5.41, 5.74) is 0. The van der Waals surface area contributed by atoms with Crippen LogP contribution in [-0.2, 0) is 0 Å². The fourth-order valence-electron chi connectivity index (χ4n) is 1.93. The topological polar surface area (TPSA) is 15.3 Å². The molecule has 0 bridgehead atoms. The largest absolute Gasteiger partial charge is 0.315 e. The standard InChI is InChI=1S/C11H20N2/c1-3-8-13-9-6-5-7-11(13)10-12-4-2/h1,11-12H,4-10H2,2H3. The van der Waals surface area contributed by atoms with Crippen LogP contribution < -0.4 is 5.32 Å². The van der Waals surface area contributed by atoms with Gasteiger partial charge in [0.25, 0.3) is 0 Å². The van der Waals surface area contributed by atoms with E-state index in [1.54, 1.807) is 0 Å². The third-order valence-corrected chi connectivity index (χ3v) is 2.67. The lowest BCUT2D eigenvalue weighted by molar-refractivity contribution is 0.165. The summed E-state index contributed by atoms with van der Waals surface area (Å²) in [6.45, 7) is 6.29. The summed E-state index contributed by atoms with van der Waals surface area (Å²) >= 11 is 0.